The van der Waals surface area contributed by atoms with E-state index in [0.717, 1.165) is 31.3 Å². The van der Waals surface area contributed by atoms with Gasteiger partial charge in [-0.2, -0.15) is 11.8 Å². The van der Waals surface area contributed by atoms with Crippen molar-refractivity contribution in [2.45, 2.75) is 62.7 Å². The van der Waals surface area contributed by atoms with E-state index in [-0.39, 0.29) is 47.4 Å². The zero-order valence-corrected chi connectivity index (χ0v) is 21.3. The van der Waals surface area contributed by atoms with Crippen LogP contribution in [0.4, 0.5) is 0 Å². The van der Waals surface area contributed by atoms with Gasteiger partial charge < -0.3 is 15.5 Å². The second kappa shape index (κ2) is 11.4. The Morgan fingerprint density at radius 1 is 1.28 bits per heavy atom. The van der Waals surface area contributed by atoms with Crippen LogP contribution in [0.1, 0.15) is 51.9 Å². The summed E-state index contributed by atoms with van der Waals surface area (Å²) in [5, 5.41) is 6.23. The zero-order valence-electron chi connectivity index (χ0n) is 17.3. The van der Waals surface area contributed by atoms with Crippen LogP contribution in [-0.4, -0.2) is 79.4 Å². The number of sulfone groups is 1. The van der Waals surface area contributed by atoms with Crippen molar-refractivity contribution in [3.8, 4) is 0 Å². The second-order valence-corrected chi connectivity index (χ2v) is 12.0. The van der Waals surface area contributed by atoms with Crippen LogP contribution in [0, 0.1) is 0 Å². The fourth-order valence-corrected chi connectivity index (χ4v) is 7.66. The van der Waals surface area contributed by atoms with Gasteiger partial charge in [0, 0.05) is 42.6 Å². The average molecular weight is 559 g/mol. The number of thioether (sulfide) groups is 1. The highest BCUT2D eigenvalue weighted by Gasteiger charge is 2.38. The van der Waals surface area contributed by atoms with Crippen LogP contribution in [0.2, 0.25) is 0 Å². The maximum Gasteiger partial charge on any atom is 0.222 e. The quantitative estimate of drug-likeness (QED) is 0.305. The van der Waals surface area contributed by atoms with Crippen molar-refractivity contribution in [1.29, 1.82) is 0 Å². The van der Waals surface area contributed by atoms with Crippen LogP contribution in [0.3, 0.4) is 0 Å². The van der Waals surface area contributed by atoms with Crippen molar-refractivity contribution in [1.82, 2.24) is 15.5 Å². The molecule has 168 valence electrons. The molecule has 3 aliphatic rings. The molecule has 2 N–H and O–H groups in total. The molecule has 2 aliphatic heterocycles. The molecule has 1 amide bonds. The van der Waals surface area contributed by atoms with E-state index in [4.69, 9.17) is 4.99 Å². The molecule has 1 saturated carbocycles. The first-order valence-electron chi connectivity index (χ1n) is 10.6. The van der Waals surface area contributed by atoms with E-state index in [1.807, 2.05) is 0 Å². The lowest BCUT2D eigenvalue weighted by Crippen LogP contribution is -2.53. The lowest BCUT2D eigenvalue weighted by atomic mass is 9.87. The summed E-state index contributed by atoms with van der Waals surface area (Å²) in [5.74, 6) is 2.16. The number of hydrogen-bond acceptors (Lipinski definition) is 5. The van der Waals surface area contributed by atoms with Gasteiger partial charge in [0.25, 0.3) is 0 Å². The summed E-state index contributed by atoms with van der Waals surface area (Å²) < 4.78 is 23.4. The van der Waals surface area contributed by atoms with E-state index in [2.05, 4.69) is 34.2 Å². The van der Waals surface area contributed by atoms with E-state index in [1.54, 1.807) is 0 Å². The van der Waals surface area contributed by atoms with Crippen molar-refractivity contribution in [2.75, 3.05) is 43.4 Å². The third-order valence-corrected chi connectivity index (χ3v) is 9.15. The summed E-state index contributed by atoms with van der Waals surface area (Å²) in [6.45, 7) is 5.32. The van der Waals surface area contributed by atoms with Gasteiger partial charge >= 0.3 is 0 Å². The summed E-state index contributed by atoms with van der Waals surface area (Å²) in [4.78, 5) is 19.2. The van der Waals surface area contributed by atoms with Gasteiger partial charge in [-0.25, -0.2) is 8.42 Å². The molecular weight excluding hydrogens is 523 g/mol. The van der Waals surface area contributed by atoms with Crippen LogP contribution in [-0.2, 0) is 14.6 Å². The molecule has 0 aromatic carbocycles. The smallest absolute Gasteiger partial charge is 0.222 e. The Hall–Kier alpha value is -0.230. The number of aliphatic imine (C=N–C) groups is 1. The Kier molecular flexibility index (Phi) is 9.85. The number of amides is 1. The first-order chi connectivity index (χ1) is 13.4. The highest BCUT2D eigenvalue weighted by atomic mass is 127. The topological polar surface area (TPSA) is 90.9 Å². The first kappa shape index (κ1) is 25.0. The number of hydrogen-bond donors (Lipinski definition) is 2. The van der Waals surface area contributed by atoms with Gasteiger partial charge in [-0.15, -0.1) is 24.0 Å². The van der Waals surface area contributed by atoms with E-state index < -0.39 is 9.84 Å². The molecule has 2 saturated heterocycles. The van der Waals surface area contributed by atoms with Crippen molar-refractivity contribution < 1.29 is 13.2 Å². The second-order valence-electron chi connectivity index (χ2n) is 8.17. The summed E-state index contributed by atoms with van der Waals surface area (Å²) in [7, 11) is -2.97. The molecule has 7 nitrogen and oxygen atoms in total. The van der Waals surface area contributed by atoms with E-state index in [1.165, 1.54) is 32.1 Å². The summed E-state index contributed by atoms with van der Waals surface area (Å²) >= 11 is 2.13. The van der Waals surface area contributed by atoms with E-state index in [0.29, 0.717) is 24.1 Å². The lowest BCUT2D eigenvalue weighted by Gasteiger charge is -2.45. The average Bonchev–Trinajstić information content (AvgIpc) is 3.00. The SMILES string of the molecule is CCNC(=NCCC(=O)NC1CCS(=O)(=O)C1)N1CCSC2(CCCCC2)C1.I. The molecule has 0 aromatic heterocycles. The van der Waals surface area contributed by atoms with Crippen molar-refractivity contribution in [3.63, 3.8) is 0 Å². The summed E-state index contributed by atoms with van der Waals surface area (Å²) in [6.07, 6.45) is 7.40. The molecule has 0 aromatic rings. The largest absolute Gasteiger partial charge is 0.357 e. The Labute approximate surface area is 196 Å². The zero-order chi connectivity index (χ0) is 20.0. The molecule has 0 radical (unpaired) electrons. The number of nitrogens with one attached hydrogen (secondary N) is 2. The van der Waals surface area contributed by atoms with Gasteiger partial charge in [-0.05, 0) is 26.2 Å². The Morgan fingerprint density at radius 2 is 2.03 bits per heavy atom. The molecule has 10 heteroatoms. The number of halogens is 1. The molecule has 1 atom stereocenters. The maximum absolute atomic E-state index is 12.2. The normalized spacial score (nSPS) is 26.0. The molecule has 1 unspecified atom stereocenters. The first-order valence-corrected chi connectivity index (χ1v) is 13.4. The van der Waals surface area contributed by atoms with Gasteiger partial charge in [-0.3, -0.25) is 9.79 Å². The molecule has 29 heavy (non-hydrogen) atoms. The highest BCUT2D eigenvalue weighted by Crippen LogP contribution is 2.42. The van der Waals surface area contributed by atoms with Crippen LogP contribution < -0.4 is 10.6 Å². The number of carbonyl (C=O) groups excluding carboxylic acids is 1. The van der Waals surface area contributed by atoms with Gasteiger partial charge in [0.1, 0.15) is 0 Å². The standard InChI is InChI=1S/C19H34N4O3S2.HI/c1-2-20-18(23-11-12-27-19(15-23)8-4-3-5-9-19)21-10-6-17(24)22-16-7-13-28(25,26)14-16;/h16H,2-15H2,1H3,(H,20,21)(H,22,24);1H. The number of carbonyl (C=O) groups is 1. The molecule has 3 rings (SSSR count). The molecule has 0 bridgehead atoms. The maximum atomic E-state index is 12.2. The van der Waals surface area contributed by atoms with Crippen molar-refractivity contribution >= 4 is 57.4 Å². The minimum Gasteiger partial charge on any atom is -0.357 e. The third kappa shape index (κ3) is 7.45. The number of nitrogens with zero attached hydrogens (tertiary/aromatic N) is 2. The summed E-state index contributed by atoms with van der Waals surface area (Å²) in [5.41, 5.74) is 0. The van der Waals surface area contributed by atoms with Crippen molar-refractivity contribution in [2.24, 2.45) is 4.99 Å². The van der Waals surface area contributed by atoms with Crippen LogP contribution in [0.15, 0.2) is 4.99 Å². The van der Waals surface area contributed by atoms with Gasteiger partial charge in [0.15, 0.2) is 15.8 Å². The van der Waals surface area contributed by atoms with Gasteiger partial charge in [0.05, 0.1) is 18.1 Å². The van der Waals surface area contributed by atoms with Gasteiger partial charge in [-0.1, -0.05) is 19.3 Å². The Balaban J connectivity index is 0.00000300. The Bertz CT molecular complexity index is 675. The van der Waals surface area contributed by atoms with E-state index in [9.17, 15) is 13.2 Å². The monoisotopic (exact) mass is 558 g/mol. The Morgan fingerprint density at radius 3 is 2.69 bits per heavy atom. The van der Waals surface area contributed by atoms with E-state index >= 15 is 0 Å². The molecule has 2 heterocycles. The molecular formula is C19H35IN4O3S2. The molecule has 1 aliphatic carbocycles. The minimum absolute atomic E-state index is 0. The van der Waals surface area contributed by atoms with Gasteiger partial charge in [0.2, 0.25) is 5.91 Å². The van der Waals surface area contributed by atoms with Crippen LogP contribution >= 0.6 is 35.7 Å². The molecule has 3 fully saturated rings. The third-order valence-electron chi connectivity index (χ3n) is 5.85. The van der Waals surface area contributed by atoms with Crippen molar-refractivity contribution in [3.05, 3.63) is 0 Å². The number of guanidine groups is 1. The molecule has 1 spiro atoms. The number of rotatable bonds is 5. The van der Waals surface area contributed by atoms with Crippen LogP contribution in [0.25, 0.3) is 0 Å². The minimum atomic E-state index is -2.97. The predicted octanol–water partition coefficient (Wildman–Crippen LogP) is 2.01. The van der Waals surface area contributed by atoms with Crippen LogP contribution in [0.5, 0.6) is 0 Å². The lowest BCUT2D eigenvalue weighted by molar-refractivity contribution is -0.121. The predicted molar refractivity (Wildman–Crippen MR) is 131 cm³/mol. The fraction of sp³-hybridized carbons (Fsp3) is 0.895. The summed E-state index contributed by atoms with van der Waals surface area (Å²) in [6, 6.07) is -0.236. The highest BCUT2D eigenvalue weighted by molar-refractivity contribution is 14.0. The fourth-order valence-electron chi connectivity index (χ4n) is 4.42.